The normalized spacial score (nSPS) is 12.1. The Hall–Kier alpha value is -3.16. The lowest BCUT2D eigenvalue weighted by Gasteiger charge is -2.18. The lowest BCUT2D eigenvalue weighted by atomic mass is 10.0. The van der Waals surface area contributed by atoms with Crippen molar-refractivity contribution < 1.29 is 9.53 Å². The number of amides is 1. The predicted octanol–water partition coefficient (Wildman–Crippen LogP) is 1.41. The maximum atomic E-state index is 12.4. The van der Waals surface area contributed by atoms with E-state index in [1.54, 1.807) is 14.2 Å². The van der Waals surface area contributed by atoms with Crippen LogP contribution in [0, 0.1) is 0 Å². The van der Waals surface area contributed by atoms with Gasteiger partial charge in [-0.15, -0.1) is 0 Å². The number of carbonyl (C=O) groups is 1. The van der Waals surface area contributed by atoms with Crippen LogP contribution in [-0.2, 0) is 18.4 Å². The van der Waals surface area contributed by atoms with Gasteiger partial charge in [0.05, 0.1) is 19.3 Å². The number of aromatic nitrogens is 4. The van der Waals surface area contributed by atoms with Crippen LogP contribution in [0.3, 0.4) is 0 Å². The second kappa shape index (κ2) is 7.38. The molecule has 26 heavy (non-hydrogen) atoms. The highest BCUT2D eigenvalue weighted by Crippen LogP contribution is 2.20. The second-order valence-corrected chi connectivity index (χ2v) is 5.98. The average Bonchev–Trinajstić information content (AvgIpc) is 3.04. The monoisotopic (exact) mass is 355 g/mol. The summed E-state index contributed by atoms with van der Waals surface area (Å²) in [6, 6.07) is 7.41. The van der Waals surface area contributed by atoms with Crippen LogP contribution in [0.25, 0.3) is 11.0 Å². The molecule has 0 spiro atoms. The highest BCUT2D eigenvalue weighted by Gasteiger charge is 2.15. The Labute approximate surface area is 150 Å². The van der Waals surface area contributed by atoms with Gasteiger partial charge >= 0.3 is 0 Å². The molecule has 0 fully saturated rings. The summed E-state index contributed by atoms with van der Waals surface area (Å²) in [5.41, 5.74) is 1.20. The number of hydrogen-bond donors (Lipinski definition) is 1. The number of hydrogen-bond acceptors (Lipinski definition) is 5. The fourth-order valence-corrected chi connectivity index (χ4v) is 2.83. The molecule has 3 aromatic rings. The number of fused-ring (bicyclic) bond motifs is 1. The summed E-state index contributed by atoms with van der Waals surface area (Å²) in [7, 11) is 3.32. The predicted molar refractivity (Wildman–Crippen MR) is 96.9 cm³/mol. The molecular formula is C18H21N5O3. The molecule has 8 heteroatoms. The van der Waals surface area contributed by atoms with E-state index < -0.39 is 0 Å². The maximum Gasteiger partial charge on any atom is 0.264 e. The fourth-order valence-electron chi connectivity index (χ4n) is 2.83. The van der Waals surface area contributed by atoms with E-state index in [1.165, 1.54) is 21.8 Å². The van der Waals surface area contributed by atoms with Crippen molar-refractivity contribution in [3.63, 3.8) is 0 Å². The standard InChI is InChI=1S/C18H21N5O3/c1-4-15(12-5-7-13(26-3)8-6-12)21-16(24)10-23-11-19-17-14(18(23)25)9-20-22(17)2/h5-9,11,15H,4,10H2,1-3H3,(H,21,24)/t15-/m0/s1. The molecule has 8 nitrogen and oxygen atoms in total. The molecule has 2 heterocycles. The molecule has 0 aliphatic carbocycles. The van der Waals surface area contributed by atoms with Gasteiger partial charge in [-0.25, -0.2) is 4.98 Å². The van der Waals surface area contributed by atoms with Gasteiger partial charge in [-0.1, -0.05) is 19.1 Å². The summed E-state index contributed by atoms with van der Waals surface area (Å²) < 4.78 is 7.97. The molecule has 0 bridgehead atoms. The first kappa shape index (κ1) is 17.7. The van der Waals surface area contributed by atoms with E-state index in [-0.39, 0.29) is 24.1 Å². The van der Waals surface area contributed by atoms with Crippen LogP contribution in [0.15, 0.2) is 41.6 Å². The number of carbonyl (C=O) groups excluding carboxylic acids is 1. The van der Waals surface area contributed by atoms with Gasteiger partial charge in [-0.2, -0.15) is 5.10 Å². The van der Waals surface area contributed by atoms with Crippen molar-refractivity contribution in [2.75, 3.05) is 7.11 Å². The molecule has 1 aromatic carbocycles. The first-order chi connectivity index (χ1) is 12.5. The van der Waals surface area contributed by atoms with Crippen molar-refractivity contribution in [1.29, 1.82) is 0 Å². The average molecular weight is 355 g/mol. The Morgan fingerprint density at radius 1 is 1.31 bits per heavy atom. The maximum absolute atomic E-state index is 12.4. The molecule has 0 aliphatic heterocycles. The van der Waals surface area contributed by atoms with Gasteiger partial charge < -0.3 is 10.1 Å². The number of methoxy groups -OCH3 is 1. The zero-order valence-corrected chi connectivity index (χ0v) is 15.0. The minimum atomic E-state index is -0.282. The molecule has 0 unspecified atom stereocenters. The minimum Gasteiger partial charge on any atom is -0.497 e. The van der Waals surface area contributed by atoms with E-state index in [0.717, 1.165) is 17.7 Å². The highest BCUT2D eigenvalue weighted by atomic mass is 16.5. The van der Waals surface area contributed by atoms with Gasteiger partial charge in [0.15, 0.2) is 5.65 Å². The summed E-state index contributed by atoms with van der Waals surface area (Å²) in [4.78, 5) is 29.1. The van der Waals surface area contributed by atoms with Gasteiger partial charge in [0, 0.05) is 7.05 Å². The van der Waals surface area contributed by atoms with Gasteiger partial charge in [-0.3, -0.25) is 18.8 Å². The number of nitrogens with one attached hydrogen (secondary N) is 1. The number of nitrogens with zero attached hydrogens (tertiary/aromatic N) is 4. The van der Waals surface area contributed by atoms with Crippen molar-refractivity contribution in [1.82, 2.24) is 24.6 Å². The van der Waals surface area contributed by atoms with Gasteiger partial charge in [0.1, 0.15) is 24.0 Å². The smallest absolute Gasteiger partial charge is 0.264 e. The summed E-state index contributed by atoms with van der Waals surface area (Å²) in [6.45, 7) is 1.90. The molecular weight excluding hydrogens is 334 g/mol. The quantitative estimate of drug-likeness (QED) is 0.722. The van der Waals surface area contributed by atoms with Crippen molar-refractivity contribution in [2.45, 2.75) is 25.9 Å². The van der Waals surface area contributed by atoms with E-state index in [4.69, 9.17) is 4.74 Å². The van der Waals surface area contributed by atoms with Crippen LogP contribution in [0.1, 0.15) is 24.9 Å². The first-order valence-electron chi connectivity index (χ1n) is 8.34. The van der Waals surface area contributed by atoms with Crippen molar-refractivity contribution in [3.05, 3.63) is 52.7 Å². The SMILES string of the molecule is CC[C@H](NC(=O)Cn1cnc2c(cnn2C)c1=O)c1ccc(OC)cc1. The summed E-state index contributed by atoms with van der Waals surface area (Å²) in [5.74, 6) is 0.511. The summed E-state index contributed by atoms with van der Waals surface area (Å²) in [5, 5.41) is 7.38. The molecule has 1 amide bonds. The van der Waals surface area contributed by atoms with Crippen molar-refractivity contribution in [2.24, 2.45) is 7.05 Å². The van der Waals surface area contributed by atoms with E-state index in [2.05, 4.69) is 15.4 Å². The summed E-state index contributed by atoms with van der Waals surface area (Å²) >= 11 is 0. The van der Waals surface area contributed by atoms with Crippen LogP contribution in [-0.4, -0.2) is 32.3 Å². The van der Waals surface area contributed by atoms with Crippen LogP contribution in [0.5, 0.6) is 5.75 Å². The minimum absolute atomic E-state index is 0.0939. The Morgan fingerprint density at radius 2 is 2.04 bits per heavy atom. The number of benzene rings is 1. The van der Waals surface area contributed by atoms with Crippen molar-refractivity contribution >= 4 is 16.9 Å². The fraction of sp³-hybridized carbons (Fsp3) is 0.333. The largest absolute Gasteiger partial charge is 0.497 e. The molecule has 1 N–H and O–H groups in total. The number of aryl methyl sites for hydroxylation is 1. The van der Waals surface area contributed by atoms with Crippen molar-refractivity contribution in [3.8, 4) is 5.75 Å². The zero-order valence-electron chi connectivity index (χ0n) is 15.0. The topological polar surface area (TPSA) is 91.0 Å². The van der Waals surface area contributed by atoms with Gasteiger partial charge in [0.2, 0.25) is 5.91 Å². The Kier molecular flexibility index (Phi) is 5.01. The molecule has 0 aliphatic rings. The molecule has 1 atom stereocenters. The van der Waals surface area contributed by atoms with Crippen LogP contribution < -0.4 is 15.6 Å². The molecule has 2 aromatic heterocycles. The third kappa shape index (κ3) is 3.44. The number of ether oxygens (including phenoxy) is 1. The molecule has 136 valence electrons. The molecule has 0 saturated carbocycles. The van der Waals surface area contributed by atoms with E-state index >= 15 is 0 Å². The lowest BCUT2D eigenvalue weighted by molar-refractivity contribution is -0.122. The Bertz CT molecular complexity index is 975. The molecule has 0 saturated heterocycles. The first-order valence-corrected chi connectivity index (χ1v) is 8.34. The lowest BCUT2D eigenvalue weighted by Crippen LogP contribution is -2.34. The van der Waals surface area contributed by atoms with Crippen LogP contribution in [0.2, 0.25) is 0 Å². The molecule has 3 rings (SSSR count). The Morgan fingerprint density at radius 3 is 2.69 bits per heavy atom. The third-order valence-corrected chi connectivity index (χ3v) is 4.29. The Balaban J connectivity index is 1.74. The molecule has 0 radical (unpaired) electrons. The van der Waals surface area contributed by atoms with Gasteiger partial charge in [0.25, 0.3) is 5.56 Å². The van der Waals surface area contributed by atoms with E-state index in [9.17, 15) is 9.59 Å². The van der Waals surface area contributed by atoms with Crippen LogP contribution >= 0.6 is 0 Å². The second-order valence-electron chi connectivity index (χ2n) is 5.98. The number of rotatable bonds is 6. The summed E-state index contributed by atoms with van der Waals surface area (Å²) in [6.07, 6.45) is 3.57. The van der Waals surface area contributed by atoms with Gasteiger partial charge in [-0.05, 0) is 24.1 Å². The van der Waals surface area contributed by atoms with Crippen LogP contribution in [0.4, 0.5) is 0 Å². The zero-order chi connectivity index (χ0) is 18.7. The third-order valence-electron chi connectivity index (χ3n) is 4.29. The highest BCUT2D eigenvalue weighted by molar-refractivity contribution is 5.77. The van der Waals surface area contributed by atoms with E-state index in [1.807, 2.05) is 31.2 Å². The van der Waals surface area contributed by atoms with E-state index in [0.29, 0.717) is 11.0 Å².